The zero-order valence-corrected chi connectivity index (χ0v) is 14.0. The summed E-state index contributed by atoms with van der Waals surface area (Å²) in [4.78, 5) is 30.6. The van der Waals surface area contributed by atoms with E-state index in [-0.39, 0.29) is 24.4 Å². The van der Waals surface area contributed by atoms with Crippen LogP contribution < -0.4 is 15.5 Å². The van der Waals surface area contributed by atoms with Gasteiger partial charge >= 0.3 is 0 Å². The van der Waals surface area contributed by atoms with E-state index in [9.17, 15) is 9.59 Å². The lowest BCUT2D eigenvalue weighted by Gasteiger charge is -2.33. The average Bonchev–Trinajstić information content (AvgIpc) is 3.08. The molecule has 0 fully saturated rings. The van der Waals surface area contributed by atoms with Crippen LogP contribution in [0.25, 0.3) is 0 Å². The number of amides is 2. The zero-order valence-electron chi connectivity index (χ0n) is 14.0. The smallest absolute Gasteiger partial charge is 0.244 e. The lowest BCUT2D eigenvalue weighted by Crippen LogP contribution is -2.53. The molecule has 0 saturated carbocycles. The van der Waals surface area contributed by atoms with E-state index in [1.807, 2.05) is 29.8 Å². The zero-order chi connectivity index (χ0) is 17.4. The van der Waals surface area contributed by atoms with Crippen molar-refractivity contribution in [2.45, 2.75) is 38.4 Å². The second-order valence-electron chi connectivity index (χ2n) is 6.47. The van der Waals surface area contributed by atoms with E-state index >= 15 is 0 Å². The molecule has 2 aromatic rings. The van der Waals surface area contributed by atoms with Gasteiger partial charge in [0.15, 0.2) is 0 Å². The Kier molecular flexibility index (Phi) is 3.96. The molecule has 2 atom stereocenters. The van der Waals surface area contributed by atoms with Gasteiger partial charge < -0.3 is 10.6 Å². The van der Waals surface area contributed by atoms with Crippen LogP contribution in [-0.2, 0) is 22.6 Å². The molecular weight excluding hydrogens is 320 g/mol. The van der Waals surface area contributed by atoms with Crippen LogP contribution >= 0.6 is 0 Å². The second kappa shape index (κ2) is 6.29. The highest BCUT2D eigenvalue weighted by atomic mass is 16.2. The monoisotopic (exact) mass is 340 g/mol. The number of anilines is 2. The molecule has 4 rings (SSSR count). The van der Waals surface area contributed by atoms with Gasteiger partial charge in [-0.1, -0.05) is 12.1 Å². The molecule has 0 aliphatic carbocycles. The highest BCUT2D eigenvalue weighted by Crippen LogP contribution is 2.29. The van der Waals surface area contributed by atoms with Crippen LogP contribution in [0.3, 0.4) is 0 Å². The average molecular weight is 340 g/mol. The standard InChI is InChI=1S/C17H20N6O2/c1-11(20-12-6-7-15-18-10-19-23(15)8-12)17(25)22-9-16(24)21-13-4-2-3-5-14(13)22/h2-5,10-12,20H,6-9H2,1H3,(H,21,24). The first kappa shape index (κ1) is 15.8. The highest BCUT2D eigenvalue weighted by molar-refractivity contribution is 6.11. The van der Waals surface area contributed by atoms with Crippen LogP contribution in [0.4, 0.5) is 11.4 Å². The van der Waals surface area contributed by atoms with Crippen LogP contribution in [0.2, 0.25) is 0 Å². The predicted molar refractivity (Wildman–Crippen MR) is 92.2 cm³/mol. The van der Waals surface area contributed by atoms with E-state index in [4.69, 9.17) is 0 Å². The molecule has 1 aromatic heterocycles. The van der Waals surface area contributed by atoms with Crippen molar-refractivity contribution in [3.63, 3.8) is 0 Å². The maximum atomic E-state index is 12.9. The van der Waals surface area contributed by atoms with E-state index in [2.05, 4.69) is 20.7 Å². The van der Waals surface area contributed by atoms with Gasteiger partial charge in [-0.05, 0) is 25.5 Å². The first-order valence-electron chi connectivity index (χ1n) is 8.45. The first-order chi connectivity index (χ1) is 12.1. The van der Waals surface area contributed by atoms with Gasteiger partial charge in [-0.25, -0.2) is 9.67 Å². The summed E-state index contributed by atoms with van der Waals surface area (Å²) < 4.78 is 1.88. The van der Waals surface area contributed by atoms with Crippen molar-refractivity contribution < 1.29 is 9.59 Å². The van der Waals surface area contributed by atoms with Crippen molar-refractivity contribution >= 4 is 23.2 Å². The number of nitrogens with zero attached hydrogens (tertiary/aromatic N) is 4. The Balaban J connectivity index is 1.47. The van der Waals surface area contributed by atoms with Crippen LogP contribution in [0.5, 0.6) is 0 Å². The molecule has 0 radical (unpaired) electrons. The largest absolute Gasteiger partial charge is 0.323 e. The van der Waals surface area contributed by atoms with Gasteiger partial charge in [0, 0.05) is 12.5 Å². The van der Waals surface area contributed by atoms with Gasteiger partial charge in [0.2, 0.25) is 11.8 Å². The Morgan fingerprint density at radius 3 is 3.12 bits per heavy atom. The normalized spacial score (nSPS) is 20.4. The molecule has 1 aromatic carbocycles. The number of rotatable bonds is 3. The van der Waals surface area contributed by atoms with Crippen molar-refractivity contribution in [1.82, 2.24) is 20.1 Å². The fourth-order valence-electron chi connectivity index (χ4n) is 3.46. The fourth-order valence-corrected chi connectivity index (χ4v) is 3.46. The maximum absolute atomic E-state index is 12.9. The molecule has 8 heteroatoms. The van der Waals surface area contributed by atoms with Crippen LogP contribution in [0, 0.1) is 0 Å². The lowest BCUT2D eigenvalue weighted by molar-refractivity contribution is -0.123. The molecule has 130 valence electrons. The molecule has 2 aliphatic rings. The molecule has 0 spiro atoms. The minimum atomic E-state index is -0.394. The van der Waals surface area contributed by atoms with Crippen molar-refractivity contribution in [1.29, 1.82) is 0 Å². The summed E-state index contributed by atoms with van der Waals surface area (Å²) in [6.45, 7) is 2.58. The number of aromatic nitrogens is 3. The molecule has 2 amide bonds. The summed E-state index contributed by atoms with van der Waals surface area (Å²) >= 11 is 0. The van der Waals surface area contributed by atoms with Crippen molar-refractivity contribution in [3.8, 4) is 0 Å². The number of fused-ring (bicyclic) bond motifs is 2. The third kappa shape index (κ3) is 3.00. The SMILES string of the molecule is CC(NC1CCc2ncnn2C1)C(=O)N1CC(=O)Nc2ccccc21. The van der Waals surface area contributed by atoms with Crippen molar-refractivity contribution in [2.24, 2.45) is 0 Å². The summed E-state index contributed by atoms with van der Waals surface area (Å²) in [6.07, 6.45) is 3.32. The van der Waals surface area contributed by atoms with Crippen molar-refractivity contribution in [2.75, 3.05) is 16.8 Å². The van der Waals surface area contributed by atoms with Crippen LogP contribution in [0.15, 0.2) is 30.6 Å². The van der Waals surface area contributed by atoms with E-state index in [1.54, 1.807) is 17.3 Å². The number of carbonyl (C=O) groups is 2. The Morgan fingerprint density at radius 1 is 1.40 bits per heavy atom. The van der Waals surface area contributed by atoms with Gasteiger partial charge in [-0.2, -0.15) is 5.10 Å². The summed E-state index contributed by atoms with van der Waals surface area (Å²) in [7, 11) is 0. The third-order valence-corrected chi connectivity index (χ3v) is 4.70. The summed E-state index contributed by atoms with van der Waals surface area (Å²) in [5.74, 6) is 0.703. The van der Waals surface area contributed by atoms with Crippen LogP contribution in [-0.4, -0.2) is 45.2 Å². The Labute approximate surface area is 145 Å². The maximum Gasteiger partial charge on any atom is 0.244 e. The number of benzene rings is 1. The number of hydrogen-bond acceptors (Lipinski definition) is 5. The molecular formula is C17H20N6O2. The molecule has 2 N–H and O–H groups in total. The summed E-state index contributed by atoms with van der Waals surface area (Å²) in [5.41, 5.74) is 1.41. The highest BCUT2D eigenvalue weighted by Gasteiger charge is 2.31. The quantitative estimate of drug-likeness (QED) is 0.852. The van der Waals surface area contributed by atoms with Crippen LogP contribution in [0.1, 0.15) is 19.2 Å². The summed E-state index contributed by atoms with van der Waals surface area (Å²) in [6, 6.07) is 7.12. The van der Waals surface area contributed by atoms with Gasteiger partial charge in [-0.3, -0.25) is 14.5 Å². The third-order valence-electron chi connectivity index (χ3n) is 4.70. The Morgan fingerprint density at radius 2 is 2.24 bits per heavy atom. The Bertz CT molecular complexity index is 817. The van der Waals surface area contributed by atoms with Crippen molar-refractivity contribution in [3.05, 3.63) is 36.4 Å². The number of para-hydroxylation sites is 2. The Hall–Kier alpha value is -2.74. The van der Waals surface area contributed by atoms with Gasteiger partial charge in [-0.15, -0.1) is 0 Å². The number of aryl methyl sites for hydroxylation is 1. The predicted octanol–water partition coefficient (Wildman–Crippen LogP) is 0.556. The van der Waals surface area contributed by atoms with E-state index < -0.39 is 6.04 Å². The molecule has 0 bridgehead atoms. The topological polar surface area (TPSA) is 92.2 Å². The van der Waals surface area contributed by atoms with E-state index in [0.717, 1.165) is 24.4 Å². The molecule has 2 aliphatic heterocycles. The van der Waals surface area contributed by atoms with Gasteiger partial charge in [0.25, 0.3) is 0 Å². The number of nitrogens with one attached hydrogen (secondary N) is 2. The minimum Gasteiger partial charge on any atom is -0.323 e. The van der Waals surface area contributed by atoms with E-state index in [1.165, 1.54) is 0 Å². The number of carbonyl (C=O) groups excluding carboxylic acids is 2. The van der Waals surface area contributed by atoms with Gasteiger partial charge in [0.1, 0.15) is 18.7 Å². The molecule has 3 heterocycles. The lowest BCUT2D eigenvalue weighted by atomic mass is 10.1. The fraction of sp³-hybridized carbons (Fsp3) is 0.412. The molecule has 2 unspecified atom stereocenters. The van der Waals surface area contributed by atoms with E-state index in [0.29, 0.717) is 12.2 Å². The molecule has 8 nitrogen and oxygen atoms in total. The first-order valence-corrected chi connectivity index (χ1v) is 8.45. The summed E-state index contributed by atoms with van der Waals surface area (Å²) in [5, 5.41) is 10.4. The minimum absolute atomic E-state index is 0.0414. The molecule has 0 saturated heterocycles. The molecule has 25 heavy (non-hydrogen) atoms. The number of hydrogen-bond donors (Lipinski definition) is 2. The second-order valence-corrected chi connectivity index (χ2v) is 6.47. The van der Waals surface area contributed by atoms with Gasteiger partial charge in [0.05, 0.1) is 24.0 Å².